The summed E-state index contributed by atoms with van der Waals surface area (Å²) in [4.78, 5) is 13.9. The van der Waals surface area contributed by atoms with E-state index in [2.05, 4.69) is 17.3 Å². The summed E-state index contributed by atoms with van der Waals surface area (Å²) in [7, 11) is 1.85. The highest BCUT2D eigenvalue weighted by Gasteiger charge is 2.29. The van der Waals surface area contributed by atoms with Crippen LogP contribution in [0.1, 0.15) is 35.3 Å². The van der Waals surface area contributed by atoms with Crippen molar-refractivity contribution >= 4 is 22.5 Å². The number of nitrogens with zero attached hydrogens (tertiary/aromatic N) is 6. The van der Waals surface area contributed by atoms with E-state index in [0.717, 1.165) is 35.1 Å². The molecule has 4 heterocycles. The van der Waals surface area contributed by atoms with Gasteiger partial charge < -0.3 is 5.32 Å². The van der Waals surface area contributed by atoms with Crippen LogP contribution in [-0.2, 0) is 13.5 Å². The number of hydrogen-bond acceptors (Lipinski definition) is 4. The molecule has 5 aromatic rings. The van der Waals surface area contributed by atoms with Gasteiger partial charge in [-0.2, -0.15) is 10.2 Å². The van der Waals surface area contributed by atoms with Gasteiger partial charge in [0.25, 0.3) is 0 Å². The van der Waals surface area contributed by atoms with Gasteiger partial charge in [0.1, 0.15) is 11.6 Å². The molecule has 1 aliphatic heterocycles. The predicted molar refractivity (Wildman–Crippen MR) is 137 cm³/mol. The van der Waals surface area contributed by atoms with Crippen molar-refractivity contribution in [1.82, 2.24) is 34.0 Å². The first-order chi connectivity index (χ1) is 17.3. The molecule has 8 nitrogen and oxygen atoms in total. The summed E-state index contributed by atoms with van der Waals surface area (Å²) in [6.07, 6.45) is 5.86. The molecule has 0 aliphatic carbocycles. The molecule has 10 heteroatoms. The molecule has 0 saturated heterocycles. The molecular formula is C26H25ClFN7O. The second-order valence-electron chi connectivity index (χ2n) is 9.34. The van der Waals surface area contributed by atoms with Crippen LogP contribution < -0.4 is 11.0 Å². The summed E-state index contributed by atoms with van der Waals surface area (Å²) in [5, 5.41) is 13.9. The first-order valence-corrected chi connectivity index (χ1v) is 12.2. The summed E-state index contributed by atoms with van der Waals surface area (Å²) in [6, 6.07) is 7.23. The molecule has 0 radical (unpaired) electrons. The second-order valence-corrected chi connectivity index (χ2v) is 9.71. The van der Waals surface area contributed by atoms with E-state index in [1.54, 1.807) is 58.5 Å². The molecule has 3 aromatic heterocycles. The Bertz CT molecular complexity index is 1700. The minimum atomic E-state index is -0.280. The second kappa shape index (κ2) is 8.18. The Hall–Kier alpha value is -3.69. The highest BCUT2D eigenvalue weighted by atomic mass is 35.5. The van der Waals surface area contributed by atoms with Crippen LogP contribution in [0, 0.1) is 19.7 Å². The van der Waals surface area contributed by atoms with E-state index < -0.39 is 0 Å². The van der Waals surface area contributed by atoms with E-state index in [0.29, 0.717) is 33.3 Å². The van der Waals surface area contributed by atoms with Crippen molar-refractivity contribution in [2.45, 2.75) is 33.2 Å². The third-order valence-corrected chi connectivity index (χ3v) is 7.39. The van der Waals surface area contributed by atoms with Crippen LogP contribution in [0.25, 0.3) is 28.1 Å². The Kier molecular flexibility index (Phi) is 5.17. The number of benzene rings is 2. The van der Waals surface area contributed by atoms with Gasteiger partial charge in [-0.25, -0.2) is 13.9 Å². The van der Waals surface area contributed by atoms with Gasteiger partial charge in [0, 0.05) is 49.4 Å². The van der Waals surface area contributed by atoms with Gasteiger partial charge in [-0.05, 0) is 56.2 Å². The maximum Gasteiger partial charge on any atom is 0.338 e. The van der Waals surface area contributed by atoms with Gasteiger partial charge in [0.15, 0.2) is 0 Å². The number of hydrogen-bond donors (Lipinski definition) is 1. The summed E-state index contributed by atoms with van der Waals surface area (Å²) >= 11 is 6.73. The highest BCUT2D eigenvalue weighted by Crippen LogP contribution is 2.32. The molecule has 1 atom stereocenters. The molecule has 0 spiro atoms. The quantitative estimate of drug-likeness (QED) is 0.396. The summed E-state index contributed by atoms with van der Waals surface area (Å²) < 4.78 is 21.0. The molecule has 184 valence electrons. The smallest absolute Gasteiger partial charge is 0.310 e. The molecule has 36 heavy (non-hydrogen) atoms. The van der Waals surface area contributed by atoms with Crippen LogP contribution in [0.3, 0.4) is 0 Å². The summed E-state index contributed by atoms with van der Waals surface area (Å²) in [5.41, 5.74) is 4.80. The van der Waals surface area contributed by atoms with Crippen molar-refractivity contribution in [2.75, 3.05) is 6.54 Å². The molecule has 0 bridgehead atoms. The maximum absolute atomic E-state index is 14.4. The van der Waals surface area contributed by atoms with E-state index >= 15 is 0 Å². The van der Waals surface area contributed by atoms with Gasteiger partial charge in [-0.3, -0.25) is 13.8 Å². The molecule has 0 amide bonds. The molecular weight excluding hydrogens is 481 g/mol. The van der Waals surface area contributed by atoms with Crippen LogP contribution in [0.5, 0.6) is 0 Å². The lowest BCUT2D eigenvalue weighted by Gasteiger charge is -2.21. The fourth-order valence-corrected chi connectivity index (χ4v) is 5.45. The Morgan fingerprint density at radius 1 is 1.14 bits per heavy atom. The number of aromatic nitrogens is 6. The first kappa shape index (κ1) is 22.8. The number of rotatable bonds is 3. The number of fused-ring (bicyclic) bond motifs is 2. The minimum absolute atomic E-state index is 0.00859. The molecule has 1 N–H and O–H groups in total. The van der Waals surface area contributed by atoms with E-state index in [1.807, 2.05) is 19.2 Å². The van der Waals surface area contributed by atoms with Crippen LogP contribution >= 0.6 is 11.6 Å². The third-order valence-electron chi connectivity index (χ3n) is 6.99. The molecule has 0 saturated carbocycles. The lowest BCUT2D eigenvalue weighted by atomic mass is 10.0. The number of nitrogens with one attached hydrogen (secondary N) is 1. The van der Waals surface area contributed by atoms with Crippen LogP contribution in [0.4, 0.5) is 4.39 Å². The highest BCUT2D eigenvalue weighted by molar-refractivity contribution is 6.37. The zero-order chi connectivity index (χ0) is 25.3. The van der Waals surface area contributed by atoms with E-state index in [1.165, 1.54) is 4.57 Å². The molecule has 2 aromatic carbocycles. The minimum Gasteiger partial charge on any atom is -0.310 e. The zero-order valence-electron chi connectivity index (χ0n) is 20.4. The average Bonchev–Trinajstić information content (AvgIpc) is 3.53. The lowest BCUT2D eigenvalue weighted by molar-refractivity contribution is 0.536. The fraction of sp³-hybridized carbons (Fsp3) is 0.269. The van der Waals surface area contributed by atoms with Crippen molar-refractivity contribution < 1.29 is 4.39 Å². The van der Waals surface area contributed by atoms with Crippen molar-refractivity contribution in [3.63, 3.8) is 0 Å². The first-order valence-electron chi connectivity index (χ1n) is 11.8. The summed E-state index contributed by atoms with van der Waals surface area (Å²) in [5.74, 6) is 0.397. The predicted octanol–water partition coefficient (Wildman–Crippen LogP) is 4.32. The maximum atomic E-state index is 14.4. The van der Waals surface area contributed by atoms with Gasteiger partial charge in [0.05, 0.1) is 33.8 Å². The SMILES string of the molecule is Cc1cc(-n2nc3c(c2-n2ccn(-c4ccc5c(cnn5C)c4Cl)c2=O)[C@H](C)NCC3)cc(C)c1F. The zero-order valence-corrected chi connectivity index (χ0v) is 21.1. The van der Waals surface area contributed by atoms with Gasteiger partial charge in [-0.15, -0.1) is 0 Å². The Balaban J connectivity index is 1.59. The van der Waals surface area contributed by atoms with Gasteiger partial charge >= 0.3 is 5.69 Å². The topological polar surface area (TPSA) is 74.6 Å². The van der Waals surface area contributed by atoms with Crippen LogP contribution in [-0.4, -0.2) is 35.2 Å². The summed E-state index contributed by atoms with van der Waals surface area (Å²) in [6.45, 7) is 6.32. The largest absolute Gasteiger partial charge is 0.338 e. The van der Waals surface area contributed by atoms with Crippen molar-refractivity contribution in [3.05, 3.63) is 86.6 Å². The normalized spacial score (nSPS) is 15.6. The average molecular weight is 506 g/mol. The Morgan fingerprint density at radius 3 is 2.61 bits per heavy atom. The molecule has 0 unspecified atom stereocenters. The van der Waals surface area contributed by atoms with E-state index in [9.17, 15) is 9.18 Å². The fourth-order valence-electron chi connectivity index (χ4n) is 5.15. The van der Waals surface area contributed by atoms with E-state index in [-0.39, 0.29) is 17.5 Å². The Morgan fingerprint density at radius 2 is 1.86 bits per heavy atom. The van der Waals surface area contributed by atoms with Crippen LogP contribution in [0.2, 0.25) is 5.02 Å². The number of aryl methyl sites for hydroxylation is 3. The monoisotopic (exact) mass is 505 g/mol. The molecule has 6 rings (SSSR count). The molecule has 1 aliphatic rings. The standard InChI is InChI=1S/C26H25ClFN7O/c1-14-11-17(12-15(2)24(14)28)35-25(22-16(3)29-8-7-19(22)31-35)34-10-9-33(26(34)36)21-6-5-20-18(23(21)27)13-30-32(20)4/h5-6,9-13,16,29H,7-8H2,1-4H3/t16-/m0/s1. The lowest BCUT2D eigenvalue weighted by Crippen LogP contribution is -2.30. The van der Waals surface area contributed by atoms with Crippen LogP contribution in [0.15, 0.2) is 47.7 Å². The van der Waals surface area contributed by atoms with Gasteiger partial charge in [-0.1, -0.05) is 11.6 Å². The third kappa shape index (κ3) is 3.26. The Labute approximate surface area is 211 Å². The molecule has 0 fully saturated rings. The van der Waals surface area contributed by atoms with Gasteiger partial charge in [0.2, 0.25) is 0 Å². The van der Waals surface area contributed by atoms with E-state index in [4.69, 9.17) is 16.7 Å². The van der Waals surface area contributed by atoms with Crippen molar-refractivity contribution in [2.24, 2.45) is 7.05 Å². The van der Waals surface area contributed by atoms with Crippen molar-refractivity contribution in [1.29, 1.82) is 0 Å². The number of imidazole rings is 1. The number of halogens is 2. The van der Waals surface area contributed by atoms with Crippen molar-refractivity contribution in [3.8, 4) is 17.2 Å².